The lowest BCUT2D eigenvalue weighted by Gasteiger charge is -2.07. The monoisotopic (exact) mass is 335 g/mol. The third kappa shape index (κ3) is 8.95. The maximum Gasteiger partial charge on any atom is 0.303 e. The molecule has 1 amide bonds. The molecule has 0 unspecified atom stereocenters. The Morgan fingerprint density at radius 1 is 1.08 bits per heavy atom. The van der Waals surface area contributed by atoms with Crippen LogP contribution >= 0.6 is 0 Å². The number of carbonyl (C=O) groups excluding carboxylic acids is 1. The van der Waals surface area contributed by atoms with Gasteiger partial charge in [0.2, 0.25) is 0 Å². The number of hydrogen-bond acceptors (Lipinski definition) is 4. The molecule has 1 aromatic rings. The molecule has 0 spiro atoms. The normalized spacial score (nSPS) is 10.7. The second-order valence-electron chi connectivity index (χ2n) is 5.22. The van der Waals surface area contributed by atoms with E-state index in [2.05, 4.69) is 5.32 Å². The van der Waals surface area contributed by atoms with Crippen LogP contribution in [0.2, 0.25) is 0 Å². The number of nitrogens with one attached hydrogen (secondary N) is 1. The molecule has 24 heavy (non-hydrogen) atoms. The molecule has 0 bridgehead atoms. The summed E-state index contributed by atoms with van der Waals surface area (Å²) in [6.45, 7) is 1.55. The number of aliphatic carboxylic acids is 1. The molecular formula is C18H25NO5. The molecule has 0 aliphatic rings. The van der Waals surface area contributed by atoms with Gasteiger partial charge in [-0.15, -0.1) is 0 Å². The predicted molar refractivity (Wildman–Crippen MR) is 91.4 cm³/mol. The number of ether oxygens (including phenoxy) is 2. The Bertz CT molecular complexity index is 525. The Morgan fingerprint density at radius 2 is 1.79 bits per heavy atom. The molecule has 2 N–H and O–H groups in total. The van der Waals surface area contributed by atoms with Crippen molar-refractivity contribution in [1.82, 2.24) is 5.32 Å². The topological polar surface area (TPSA) is 84.9 Å². The third-order valence-electron chi connectivity index (χ3n) is 3.25. The van der Waals surface area contributed by atoms with Crippen LogP contribution in [0, 0.1) is 0 Å². The minimum Gasteiger partial charge on any atom is -0.490 e. The molecule has 0 saturated heterocycles. The number of rotatable bonds is 12. The first kappa shape index (κ1) is 19.7. The van der Waals surface area contributed by atoms with Gasteiger partial charge in [0.1, 0.15) is 12.4 Å². The van der Waals surface area contributed by atoms with E-state index in [4.69, 9.17) is 14.6 Å². The van der Waals surface area contributed by atoms with E-state index in [9.17, 15) is 9.59 Å². The zero-order chi connectivity index (χ0) is 17.6. The Balaban J connectivity index is 2.24. The molecule has 0 aliphatic carbocycles. The molecule has 1 aromatic carbocycles. The molecular weight excluding hydrogens is 310 g/mol. The van der Waals surface area contributed by atoms with Gasteiger partial charge >= 0.3 is 5.97 Å². The van der Waals surface area contributed by atoms with Crippen molar-refractivity contribution in [3.8, 4) is 5.75 Å². The molecule has 132 valence electrons. The van der Waals surface area contributed by atoms with Gasteiger partial charge in [0.05, 0.1) is 6.61 Å². The number of carboxylic acids is 1. The summed E-state index contributed by atoms with van der Waals surface area (Å²) in [4.78, 5) is 22.3. The maximum absolute atomic E-state index is 12.0. The molecule has 6 nitrogen and oxygen atoms in total. The van der Waals surface area contributed by atoms with Gasteiger partial charge in [-0.3, -0.25) is 9.59 Å². The van der Waals surface area contributed by atoms with Crippen LogP contribution in [0.1, 0.15) is 36.0 Å². The Kier molecular flexibility index (Phi) is 9.96. The summed E-state index contributed by atoms with van der Waals surface area (Å²) in [6, 6.07) is 6.94. The van der Waals surface area contributed by atoms with Crippen LogP contribution in [-0.4, -0.2) is 43.9 Å². The second-order valence-corrected chi connectivity index (χ2v) is 5.22. The van der Waals surface area contributed by atoms with Gasteiger partial charge in [-0.1, -0.05) is 12.5 Å². The highest BCUT2D eigenvalue weighted by molar-refractivity contribution is 5.94. The van der Waals surface area contributed by atoms with E-state index in [0.717, 1.165) is 12.8 Å². The largest absolute Gasteiger partial charge is 0.490 e. The minimum atomic E-state index is -0.782. The fraction of sp³-hybridized carbons (Fsp3) is 0.444. The molecule has 6 heteroatoms. The standard InChI is InChI=1S/C18H25NO5/c1-23-13-5-6-14-24-16-10-8-15(9-11-16)18(22)19-12-4-2-3-7-17(20)21/h5-6,8-11H,2-4,7,12-14H2,1H3,(H,19,22)(H,20,21)/b6-5-. The predicted octanol–water partition coefficient (Wildman–Crippen LogP) is 2.64. The van der Waals surface area contributed by atoms with E-state index in [1.165, 1.54) is 0 Å². The van der Waals surface area contributed by atoms with Gasteiger partial charge in [0.15, 0.2) is 0 Å². The van der Waals surface area contributed by atoms with Crippen LogP contribution in [0.25, 0.3) is 0 Å². The first-order chi connectivity index (χ1) is 11.6. The van der Waals surface area contributed by atoms with Crippen molar-refractivity contribution in [3.05, 3.63) is 42.0 Å². The molecule has 0 atom stereocenters. The lowest BCUT2D eigenvalue weighted by atomic mass is 10.2. The van der Waals surface area contributed by atoms with E-state index in [1.54, 1.807) is 31.4 Å². The number of benzene rings is 1. The highest BCUT2D eigenvalue weighted by atomic mass is 16.5. The van der Waals surface area contributed by atoms with Gasteiger partial charge in [-0.05, 0) is 43.2 Å². The lowest BCUT2D eigenvalue weighted by Crippen LogP contribution is -2.24. The molecule has 0 aliphatic heterocycles. The fourth-order valence-corrected chi connectivity index (χ4v) is 1.96. The van der Waals surface area contributed by atoms with E-state index < -0.39 is 5.97 Å². The second kappa shape index (κ2) is 12.1. The van der Waals surface area contributed by atoms with Gasteiger partial charge in [0, 0.05) is 25.6 Å². The maximum atomic E-state index is 12.0. The van der Waals surface area contributed by atoms with Crippen molar-refractivity contribution < 1.29 is 24.2 Å². The summed E-state index contributed by atoms with van der Waals surface area (Å²) in [5.74, 6) is -0.224. The van der Waals surface area contributed by atoms with Crippen LogP contribution in [0.3, 0.4) is 0 Å². The molecule has 0 saturated carbocycles. The Morgan fingerprint density at radius 3 is 2.46 bits per heavy atom. The molecule has 0 fully saturated rings. The number of unbranched alkanes of at least 4 members (excludes halogenated alkanes) is 2. The molecule has 0 aromatic heterocycles. The van der Waals surface area contributed by atoms with Crippen molar-refractivity contribution in [3.63, 3.8) is 0 Å². The van der Waals surface area contributed by atoms with Crippen LogP contribution in [0.4, 0.5) is 0 Å². The number of hydrogen-bond donors (Lipinski definition) is 2. The van der Waals surface area contributed by atoms with Crippen molar-refractivity contribution >= 4 is 11.9 Å². The minimum absolute atomic E-state index is 0.139. The zero-order valence-electron chi connectivity index (χ0n) is 14.0. The van der Waals surface area contributed by atoms with Gasteiger partial charge in [0.25, 0.3) is 5.91 Å². The SMILES string of the molecule is COC/C=C\COc1ccc(C(=O)NCCCCCC(=O)O)cc1. The number of carbonyl (C=O) groups is 2. The summed E-state index contributed by atoms with van der Waals surface area (Å²) in [5.41, 5.74) is 0.572. The Hall–Kier alpha value is -2.34. The quantitative estimate of drug-likeness (QED) is 0.453. The van der Waals surface area contributed by atoms with E-state index in [1.807, 2.05) is 12.2 Å². The average molecular weight is 335 g/mol. The zero-order valence-corrected chi connectivity index (χ0v) is 14.0. The number of carboxylic acid groups (broad SMARTS) is 1. The van der Waals surface area contributed by atoms with Crippen molar-refractivity contribution in [2.75, 3.05) is 26.9 Å². The van der Waals surface area contributed by atoms with Crippen molar-refractivity contribution in [1.29, 1.82) is 0 Å². The van der Waals surface area contributed by atoms with Crippen molar-refractivity contribution in [2.45, 2.75) is 25.7 Å². The van der Waals surface area contributed by atoms with Crippen LogP contribution in [0.15, 0.2) is 36.4 Å². The van der Waals surface area contributed by atoms with E-state index in [0.29, 0.717) is 37.5 Å². The number of methoxy groups -OCH3 is 1. The molecule has 0 radical (unpaired) electrons. The summed E-state index contributed by atoms with van der Waals surface area (Å²) in [5, 5.41) is 11.4. The van der Waals surface area contributed by atoms with Crippen molar-refractivity contribution in [2.24, 2.45) is 0 Å². The van der Waals surface area contributed by atoms with Gasteiger partial charge in [-0.2, -0.15) is 0 Å². The van der Waals surface area contributed by atoms with Crippen LogP contribution < -0.4 is 10.1 Å². The summed E-state index contributed by atoms with van der Waals surface area (Å²) < 4.78 is 10.4. The summed E-state index contributed by atoms with van der Waals surface area (Å²) in [6.07, 6.45) is 6.11. The molecule has 0 heterocycles. The Labute approximate surface area is 142 Å². The first-order valence-corrected chi connectivity index (χ1v) is 8.00. The number of amides is 1. The van der Waals surface area contributed by atoms with E-state index >= 15 is 0 Å². The van der Waals surface area contributed by atoms with Gasteiger partial charge in [-0.25, -0.2) is 0 Å². The van der Waals surface area contributed by atoms with Gasteiger partial charge < -0.3 is 19.9 Å². The lowest BCUT2D eigenvalue weighted by molar-refractivity contribution is -0.137. The summed E-state index contributed by atoms with van der Waals surface area (Å²) >= 11 is 0. The van der Waals surface area contributed by atoms with E-state index in [-0.39, 0.29) is 12.3 Å². The smallest absolute Gasteiger partial charge is 0.303 e. The third-order valence-corrected chi connectivity index (χ3v) is 3.25. The summed E-state index contributed by atoms with van der Waals surface area (Å²) in [7, 11) is 1.63. The highest BCUT2D eigenvalue weighted by Crippen LogP contribution is 2.12. The fourth-order valence-electron chi connectivity index (χ4n) is 1.96. The average Bonchev–Trinajstić information content (AvgIpc) is 2.58. The van der Waals surface area contributed by atoms with Crippen LogP contribution in [0.5, 0.6) is 5.75 Å². The van der Waals surface area contributed by atoms with Crippen LogP contribution in [-0.2, 0) is 9.53 Å². The highest BCUT2D eigenvalue weighted by Gasteiger charge is 2.05. The molecule has 1 rings (SSSR count). The first-order valence-electron chi connectivity index (χ1n) is 8.00.